The van der Waals surface area contributed by atoms with E-state index < -0.39 is 6.04 Å². The van der Waals surface area contributed by atoms with E-state index in [2.05, 4.69) is 21.2 Å². The molecule has 0 aliphatic rings. The van der Waals surface area contributed by atoms with Gasteiger partial charge in [0.15, 0.2) is 0 Å². The highest BCUT2D eigenvalue weighted by Gasteiger charge is 2.24. The van der Waals surface area contributed by atoms with Crippen LogP contribution in [0.1, 0.15) is 25.8 Å². The number of nitrogens with one attached hydrogen (secondary N) is 1. The van der Waals surface area contributed by atoms with Crippen LogP contribution in [0, 0.1) is 12.8 Å². The molecule has 3 N–H and O–H groups in total. The van der Waals surface area contributed by atoms with Crippen molar-refractivity contribution >= 4 is 45.8 Å². The largest absolute Gasteiger partial charge is 0.335 e. The van der Waals surface area contributed by atoms with E-state index in [1.165, 1.54) is 4.90 Å². The summed E-state index contributed by atoms with van der Waals surface area (Å²) in [5.41, 5.74) is 7.60. The van der Waals surface area contributed by atoms with E-state index in [0.717, 1.165) is 22.1 Å². The van der Waals surface area contributed by atoms with Gasteiger partial charge in [-0.15, -0.1) is 12.4 Å². The number of rotatable bonds is 6. The molecule has 1 aromatic rings. The normalized spacial score (nSPS) is 12.8. The quantitative estimate of drug-likeness (QED) is 0.762. The number of carbonyl (C=O) groups excluding carboxylic acids is 2. The van der Waals surface area contributed by atoms with Crippen molar-refractivity contribution in [2.24, 2.45) is 11.7 Å². The zero-order chi connectivity index (χ0) is 16.9. The van der Waals surface area contributed by atoms with Crippen LogP contribution in [0.5, 0.6) is 0 Å². The smallest absolute Gasteiger partial charge is 0.243 e. The van der Waals surface area contributed by atoms with E-state index in [-0.39, 0.29) is 36.7 Å². The van der Waals surface area contributed by atoms with E-state index in [4.69, 9.17) is 5.73 Å². The summed E-state index contributed by atoms with van der Waals surface area (Å²) in [6.07, 6.45) is 0.824. The van der Waals surface area contributed by atoms with Crippen LogP contribution >= 0.6 is 28.3 Å². The molecule has 1 aromatic carbocycles. The second kappa shape index (κ2) is 9.90. The van der Waals surface area contributed by atoms with Crippen molar-refractivity contribution < 1.29 is 9.59 Å². The molecule has 0 bridgehead atoms. The highest BCUT2D eigenvalue weighted by Crippen LogP contribution is 2.20. The molecule has 0 aromatic heterocycles. The van der Waals surface area contributed by atoms with Gasteiger partial charge in [-0.3, -0.25) is 9.59 Å². The summed E-state index contributed by atoms with van der Waals surface area (Å²) in [6.45, 7) is 5.81. The zero-order valence-corrected chi connectivity index (χ0v) is 16.3. The first-order valence-electron chi connectivity index (χ1n) is 7.32. The van der Waals surface area contributed by atoms with Crippen LogP contribution in [0.15, 0.2) is 22.7 Å². The molecule has 0 saturated carbocycles. The van der Waals surface area contributed by atoms with E-state index in [0.29, 0.717) is 0 Å². The summed E-state index contributed by atoms with van der Waals surface area (Å²) in [6, 6.07) is 5.03. The van der Waals surface area contributed by atoms with E-state index in [9.17, 15) is 9.59 Å². The van der Waals surface area contributed by atoms with Crippen molar-refractivity contribution in [3.8, 4) is 0 Å². The monoisotopic (exact) mass is 405 g/mol. The number of hydrogen-bond acceptors (Lipinski definition) is 3. The van der Waals surface area contributed by atoms with Gasteiger partial charge in [0.2, 0.25) is 11.8 Å². The first-order valence-corrected chi connectivity index (χ1v) is 8.12. The zero-order valence-electron chi connectivity index (χ0n) is 13.9. The molecule has 2 amide bonds. The molecule has 0 spiro atoms. The molecule has 0 radical (unpaired) electrons. The Morgan fingerprint density at radius 2 is 2.00 bits per heavy atom. The lowest BCUT2D eigenvalue weighted by molar-refractivity contribution is -0.135. The third kappa shape index (κ3) is 6.49. The van der Waals surface area contributed by atoms with E-state index >= 15 is 0 Å². The molecule has 7 heteroatoms. The average Bonchev–Trinajstić information content (AvgIpc) is 2.47. The lowest BCUT2D eigenvalue weighted by Gasteiger charge is -2.24. The Kier molecular flexibility index (Phi) is 9.42. The van der Waals surface area contributed by atoms with Gasteiger partial charge in [-0.1, -0.05) is 36.2 Å². The number of nitrogens with zero attached hydrogens (tertiary/aromatic N) is 1. The standard InChI is InChI=1S/C16H24BrN3O2.ClH/c1-5-10(2)15(18)16(22)20(4)9-14(21)19-13-7-6-12(17)8-11(13)3;/h6-8,10,15H,5,9,18H2,1-4H3,(H,19,21);1H. The Labute approximate surface area is 152 Å². The number of halogens is 2. The summed E-state index contributed by atoms with van der Waals surface area (Å²) in [7, 11) is 1.60. The lowest BCUT2D eigenvalue weighted by Crippen LogP contribution is -2.47. The van der Waals surface area contributed by atoms with Crippen LogP contribution in [0.4, 0.5) is 5.69 Å². The van der Waals surface area contributed by atoms with Crippen LogP contribution in [0.3, 0.4) is 0 Å². The van der Waals surface area contributed by atoms with Crippen LogP contribution < -0.4 is 11.1 Å². The van der Waals surface area contributed by atoms with Crippen LogP contribution in [0.25, 0.3) is 0 Å². The van der Waals surface area contributed by atoms with Crippen LogP contribution in [0.2, 0.25) is 0 Å². The Hall–Kier alpha value is -1.11. The predicted molar refractivity (Wildman–Crippen MR) is 99.8 cm³/mol. The summed E-state index contributed by atoms with van der Waals surface area (Å²) < 4.78 is 0.954. The summed E-state index contributed by atoms with van der Waals surface area (Å²) in [5, 5.41) is 2.81. The number of aryl methyl sites for hydroxylation is 1. The highest BCUT2D eigenvalue weighted by molar-refractivity contribution is 9.10. The van der Waals surface area contributed by atoms with E-state index in [1.54, 1.807) is 7.05 Å². The Bertz CT molecular complexity index is 554. The number of carbonyl (C=O) groups is 2. The SMILES string of the molecule is CCC(C)C(N)C(=O)N(C)CC(=O)Nc1ccc(Br)cc1C.Cl. The molecule has 0 fully saturated rings. The lowest BCUT2D eigenvalue weighted by atomic mass is 9.99. The van der Waals surface area contributed by atoms with Gasteiger partial charge in [0.05, 0.1) is 12.6 Å². The second-order valence-corrected chi connectivity index (χ2v) is 6.53. The van der Waals surface area contributed by atoms with Gasteiger partial charge in [0.1, 0.15) is 0 Å². The minimum Gasteiger partial charge on any atom is -0.335 e. The topological polar surface area (TPSA) is 75.4 Å². The van der Waals surface area contributed by atoms with Gasteiger partial charge in [0, 0.05) is 17.2 Å². The number of nitrogens with two attached hydrogens (primary N) is 1. The predicted octanol–water partition coefficient (Wildman–Crippen LogP) is 2.95. The maximum Gasteiger partial charge on any atom is 0.243 e. The summed E-state index contributed by atoms with van der Waals surface area (Å²) in [5.74, 6) is -0.360. The number of benzene rings is 1. The minimum absolute atomic E-state index is 0. The van der Waals surface area contributed by atoms with Gasteiger partial charge >= 0.3 is 0 Å². The Morgan fingerprint density at radius 1 is 1.39 bits per heavy atom. The van der Waals surface area contributed by atoms with Gasteiger partial charge in [-0.25, -0.2) is 0 Å². The van der Waals surface area contributed by atoms with Gasteiger partial charge in [-0.2, -0.15) is 0 Å². The fraction of sp³-hybridized carbons (Fsp3) is 0.500. The molecular formula is C16H25BrClN3O2. The molecule has 5 nitrogen and oxygen atoms in total. The van der Waals surface area contributed by atoms with Gasteiger partial charge in [-0.05, 0) is 36.6 Å². The first kappa shape index (κ1) is 21.9. The third-order valence-electron chi connectivity index (χ3n) is 3.76. The third-order valence-corrected chi connectivity index (χ3v) is 4.25. The van der Waals surface area contributed by atoms with Crippen molar-refractivity contribution in [2.45, 2.75) is 33.2 Å². The summed E-state index contributed by atoms with van der Waals surface area (Å²) >= 11 is 3.38. The molecule has 23 heavy (non-hydrogen) atoms. The molecular weight excluding hydrogens is 382 g/mol. The highest BCUT2D eigenvalue weighted by atomic mass is 79.9. The fourth-order valence-electron chi connectivity index (χ4n) is 2.00. The Balaban J connectivity index is 0.00000484. The van der Waals surface area contributed by atoms with Crippen molar-refractivity contribution in [1.29, 1.82) is 0 Å². The minimum atomic E-state index is -0.572. The van der Waals surface area contributed by atoms with Crippen molar-refractivity contribution in [3.63, 3.8) is 0 Å². The molecule has 0 saturated heterocycles. The molecule has 130 valence electrons. The molecule has 0 heterocycles. The maximum atomic E-state index is 12.2. The van der Waals surface area contributed by atoms with Crippen molar-refractivity contribution in [1.82, 2.24) is 4.90 Å². The molecule has 0 aliphatic heterocycles. The first-order chi connectivity index (χ1) is 10.3. The van der Waals surface area contributed by atoms with Crippen molar-refractivity contribution in [3.05, 3.63) is 28.2 Å². The number of hydrogen-bond donors (Lipinski definition) is 2. The number of anilines is 1. The number of likely N-dealkylation sites (N-methyl/N-ethyl adjacent to an activating group) is 1. The molecule has 2 atom stereocenters. The van der Waals surface area contributed by atoms with Gasteiger partial charge < -0.3 is 16.0 Å². The van der Waals surface area contributed by atoms with Crippen LogP contribution in [-0.4, -0.2) is 36.3 Å². The molecule has 0 aliphatic carbocycles. The van der Waals surface area contributed by atoms with Gasteiger partial charge in [0.25, 0.3) is 0 Å². The molecule has 2 unspecified atom stereocenters. The second-order valence-electron chi connectivity index (χ2n) is 5.61. The maximum absolute atomic E-state index is 12.2. The molecule has 1 rings (SSSR count). The fourth-order valence-corrected chi connectivity index (χ4v) is 2.48. The van der Waals surface area contributed by atoms with Crippen molar-refractivity contribution in [2.75, 3.05) is 18.9 Å². The van der Waals surface area contributed by atoms with E-state index in [1.807, 2.05) is 39.0 Å². The average molecular weight is 407 g/mol. The number of amides is 2. The Morgan fingerprint density at radius 3 is 2.52 bits per heavy atom. The summed E-state index contributed by atoms with van der Waals surface area (Å²) in [4.78, 5) is 25.6. The van der Waals surface area contributed by atoms with Crippen LogP contribution in [-0.2, 0) is 9.59 Å².